The van der Waals surface area contributed by atoms with E-state index in [9.17, 15) is 22.8 Å². The molecule has 3 aromatic rings. The Bertz CT molecular complexity index is 1150. The summed E-state index contributed by atoms with van der Waals surface area (Å²) in [5, 5.41) is 2.61. The van der Waals surface area contributed by atoms with Crippen LogP contribution in [0, 0.1) is 6.92 Å². The van der Waals surface area contributed by atoms with Crippen LogP contribution in [0.2, 0.25) is 0 Å². The largest absolute Gasteiger partial charge is 0.439 e. The number of alkyl halides is 3. The van der Waals surface area contributed by atoms with Crippen molar-refractivity contribution in [2.24, 2.45) is 0 Å². The Kier molecular flexibility index (Phi) is 7.42. The van der Waals surface area contributed by atoms with Crippen molar-refractivity contribution >= 4 is 17.5 Å². The maximum absolute atomic E-state index is 13.1. The minimum Gasteiger partial charge on any atom is -0.439 e. The number of nitrogens with zero attached hydrogens (tertiary/aromatic N) is 2. The SMILES string of the molecule is CCC(=O)Nc1cc(Oc2ccc(CC(=O)Cc3ccc(C)c(C(F)(F)F)c3)cc2)ncn1. The Morgan fingerprint density at radius 2 is 1.64 bits per heavy atom. The average Bonchev–Trinajstić information content (AvgIpc) is 2.76. The summed E-state index contributed by atoms with van der Waals surface area (Å²) in [6, 6.07) is 12.1. The summed E-state index contributed by atoms with van der Waals surface area (Å²) in [5.41, 5.74) is 0.427. The number of nitrogens with one attached hydrogen (secondary N) is 1. The number of aromatic nitrogens is 2. The lowest BCUT2D eigenvalue weighted by molar-refractivity contribution is -0.138. The molecule has 1 aromatic heterocycles. The van der Waals surface area contributed by atoms with Gasteiger partial charge < -0.3 is 10.1 Å². The molecule has 6 nitrogen and oxygen atoms in total. The molecule has 0 saturated heterocycles. The van der Waals surface area contributed by atoms with Crippen LogP contribution in [0.15, 0.2) is 54.9 Å². The summed E-state index contributed by atoms with van der Waals surface area (Å²) < 4.78 is 44.9. The summed E-state index contributed by atoms with van der Waals surface area (Å²) >= 11 is 0. The van der Waals surface area contributed by atoms with Gasteiger partial charge in [-0.05, 0) is 41.8 Å². The highest BCUT2D eigenvalue weighted by Gasteiger charge is 2.32. The van der Waals surface area contributed by atoms with Crippen LogP contribution in [0.25, 0.3) is 0 Å². The number of Topliss-reactive ketones (excluding diaryl/α,β-unsaturated/α-hetero) is 1. The molecule has 33 heavy (non-hydrogen) atoms. The fourth-order valence-corrected chi connectivity index (χ4v) is 3.09. The van der Waals surface area contributed by atoms with Crippen molar-refractivity contribution in [3.8, 4) is 11.6 Å². The molecule has 0 radical (unpaired) electrons. The van der Waals surface area contributed by atoms with Crippen molar-refractivity contribution in [1.29, 1.82) is 0 Å². The van der Waals surface area contributed by atoms with E-state index in [1.54, 1.807) is 37.3 Å². The molecule has 3 rings (SSSR count). The monoisotopic (exact) mass is 457 g/mol. The van der Waals surface area contributed by atoms with E-state index in [2.05, 4.69) is 15.3 Å². The second kappa shape index (κ2) is 10.2. The van der Waals surface area contributed by atoms with Crippen LogP contribution in [0.3, 0.4) is 0 Å². The Balaban J connectivity index is 1.60. The van der Waals surface area contributed by atoms with Gasteiger partial charge >= 0.3 is 6.18 Å². The second-order valence-corrected chi connectivity index (χ2v) is 7.43. The average molecular weight is 457 g/mol. The summed E-state index contributed by atoms with van der Waals surface area (Å²) in [4.78, 5) is 31.8. The Morgan fingerprint density at radius 1 is 0.970 bits per heavy atom. The highest BCUT2D eigenvalue weighted by Crippen LogP contribution is 2.32. The fourth-order valence-electron chi connectivity index (χ4n) is 3.09. The first-order valence-electron chi connectivity index (χ1n) is 10.2. The summed E-state index contributed by atoms with van der Waals surface area (Å²) in [7, 11) is 0. The summed E-state index contributed by atoms with van der Waals surface area (Å²) in [6.07, 6.45) is -2.88. The Labute approximate surface area is 188 Å². The molecule has 172 valence electrons. The molecule has 1 amide bonds. The third kappa shape index (κ3) is 6.86. The first-order chi connectivity index (χ1) is 15.6. The van der Waals surface area contributed by atoms with Gasteiger partial charge in [-0.25, -0.2) is 9.97 Å². The first-order valence-corrected chi connectivity index (χ1v) is 10.2. The van der Waals surface area contributed by atoms with E-state index in [4.69, 9.17) is 4.74 Å². The van der Waals surface area contributed by atoms with E-state index in [0.29, 0.717) is 29.1 Å². The molecule has 0 bridgehead atoms. The molecule has 9 heteroatoms. The van der Waals surface area contributed by atoms with E-state index in [1.807, 2.05) is 0 Å². The molecule has 0 fully saturated rings. The van der Waals surface area contributed by atoms with Crippen LogP contribution in [-0.4, -0.2) is 21.7 Å². The predicted octanol–water partition coefficient (Wildman–Crippen LogP) is 5.30. The van der Waals surface area contributed by atoms with Gasteiger partial charge in [-0.1, -0.05) is 31.2 Å². The van der Waals surface area contributed by atoms with Crippen LogP contribution >= 0.6 is 0 Å². The third-order valence-corrected chi connectivity index (χ3v) is 4.79. The number of ketones is 1. The van der Waals surface area contributed by atoms with Crippen LogP contribution in [-0.2, 0) is 28.6 Å². The molecular weight excluding hydrogens is 435 g/mol. The molecule has 1 N–H and O–H groups in total. The van der Waals surface area contributed by atoms with E-state index >= 15 is 0 Å². The number of benzene rings is 2. The molecule has 0 aliphatic heterocycles. The molecule has 0 saturated carbocycles. The zero-order valence-corrected chi connectivity index (χ0v) is 18.1. The van der Waals surface area contributed by atoms with Crippen molar-refractivity contribution < 1.29 is 27.5 Å². The summed E-state index contributed by atoms with van der Waals surface area (Å²) in [5.74, 6) is 0.631. The topological polar surface area (TPSA) is 81.2 Å². The van der Waals surface area contributed by atoms with Gasteiger partial charge in [0.1, 0.15) is 23.7 Å². The number of carbonyl (C=O) groups excluding carboxylic acids is 2. The maximum Gasteiger partial charge on any atom is 0.416 e. The van der Waals surface area contributed by atoms with Gasteiger partial charge in [-0.3, -0.25) is 9.59 Å². The predicted molar refractivity (Wildman–Crippen MR) is 116 cm³/mol. The molecule has 1 heterocycles. The molecule has 0 unspecified atom stereocenters. The lowest BCUT2D eigenvalue weighted by atomic mass is 9.99. The second-order valence-electron chi connectivity index (χ2n) is 7.43. The van der Waals surface area contributed by atoms with E-state index < -0.39 is 11.7 Å². The van der Waals surface area contributed by atoms with Gasteiger partial charge in [0.05, 0.1) is 5.56 Å². The van der Waals surface area contributed by atoms with Crippen molar-refractivity contribution in [2.45, 2.75) is 39.3 Å². The number of amides is 1. The minimum atomic E-state index is -4.45. The molecule has 0 aliphatic rings. The first kappa shape index (κ1) is 23.9. The molecule has 0 spiro atoms. The van der Waals surface area contributed by atoms with Crippen molar-refractivity contribution in [3.63, 3.8) is 0 Å². The zero-order valence-electron chi connectivity index (χ0n) is 18.1. The lowest BCUT2D eigenvalue weighted by Gasteiger charge is -2.12. The fraction of sp³-hybridized carbons (Fsp3) is 0.250. The minimum absolute atomic E-state index is 0.0796. The van der Waals surface area contributed by atoms with Gasteiger partial charge in [0, 0.05) is 25.3 Å². The lowest BCUT2D eigenvalue weighted by Crippen LogP contribution is -2.11. The number of ether oxygens (including phenoxy) is 1. The van der Waals surface area contributed by atoms with Gasteiger partial charge in [0.25, 0.3) is 0 Å². The highest BCUT2D eigenvalue weighted by atomic mass is 19.4. The number of carbonyl (C=O) groups is 2. The number of aryl methyl sites for hydroxylation is 1. The van der Waals surface area contributed by atoms with Crippen LogP contribution in [0.4, 0.5) is 19.0 Å². The van der Waals surface area contributed by atoms with Crippen LogP contribution in [0.5, 0.6) is 11.6 Å². The number of hydrogen-bond donors (Lipinski definition) is 1. The molecule has 0 atom stereocenters. The van der Waals surface area contributed by atoms with Gasteiger partial charge in [-0.2, -0.15) is 13.2 Å². The smallest absolute Gasteiger partial charge is 0.416 e. The summed E-state index contributed by atoms with van der Waals surface area (Å²) in [6.45, 7) is 3.11. The van der Waals surface area contributed by atoms with E-state index in [1.165, 1.54) is 25.4 Å². The van der Waals surface area contributed by atoms with Gasteiger partial charge in [0.15, 0.2) is 0 Å². The number of hydrogen-bond acceptors (Lipinski definition) is 5. The number of halogens is 3. The molecule has 2 aromatic carbocycles. The van der Waals surface area contributed by atoms with Gasteiger partial charge in [-0.15, -0.1) is 0 Å². The van der Waals surface area contributed by atoms with E-state index in [-0.39, 0.29) is 36.0 Å². The normalized spacial score (nSPS) is 11.2. The Morgan fingerprint density at radius 3 is 2.30 bits per heavy atom. The molecule has 0 aliphatic carbocycles. The highest BCUT2D eigenvalue weighted by molar-refractivity contribution is 5.89. The van der Waals surface area contributed by atoms with E-state index in [0.717, 1.165) is 6.07 Å². The van der Waals surface area contributed by atoms with Crippen LogP contribution in [0.1, 0.15) is 35.6 Å². The van der Waals surface area contributed by atoms with Crippen molar-refractivity contribution in [1.82, 2.24) is 9.97 Å². The van der Waals surface area contributed by atoms with Crippen molar-refractivity contribution in [2.75, 3.05) is 5.32 Å². The maximum atomic E-state index is 13.1. The quantitative estimate of drug-likeness (QED) is 0.497. The van der Waals surface area contributed by atoms with Crippen LogP contribution < -0.4 is 10.1 Å². The zero-order chi connectivity index (χ0) is 24.0. The Hall–Kier alpha value is -3.75. The third-order valence-electron chi connectivity index (χ3n) is 4.79. The van der Waals surface area contributed by atoms with Crippen molar-refractivity contribution in [3.05, 3.63) is 77.1 Å². The molecular formula is C24H22F3N3O3. The number of anilines is 1. The standard InChI is InChI=1S/C24H22F3N3O3/c1-3-22(32)30-21-13-23(29-14-28-21)33-19-8-6-16(7-9-19)10-18(31)11-17-5-4-15(2)20(12-17)24(25,26)27/h4-9,12-14H,3,10-11H2,1-2H3,(H,28,29,30,32). The number of rotatable bonds is 8. The van der Waals surface area contributed by atoms with Gasteiger partial charge in [0.2, 0.25) is 11.8 Å².